The van der Waals surface area contributed by atoms with Gasteiger partial charge in [0.15, 0.2) is 0 Å². The van der Waals surface area contributed by atoms with E-state index < -0.39 is 0 Å². The van der Waals surface area contributed by atoms with E-state index in [1.165, 1.54) is 0 Å². The van der Waals surface area contributed by atoms with Crippen LogP contribution in [0.1, 0.15) is 36.8 Å². The summed E-state index contributed by atoms with van der Waals surface area (Å²) in [7, 11) is 0. The molecule has 0 bridgehead atoms. The second-order valence-electron chi connectivity index (χ2n) is 5.90. The lowest BCUT2D eigenvalue weighted by Crippen LogP contribution is -2.19. The van der Waals surface area contributed by atoms with Gasteiger partial charge in [0.05, 0.1) is 12.4 Å². The van der Waals surface area contributed by atoms with Crippen LogP contribution in [0.3, 0.4) is 0 Å². The Labute approximate surface area is 180 Å². The van der Waals surface area contributed by atoms with Crippen molar-refractivity contribution in [2.75, 3.05) is 0 Å². The lowest BCUT2D eigenvalue weighted by Gasteiger charge is -2.01. The van der Waals surface area contributed by atoms with E-state index in [2.05, 4.69) is 52.9 Å². The number of hydrazone groups is 2. The number of amides is 2. The summed E-state index contributed by atoms with van der Waals surface area (Å²) in [5, 5.41) is 7.84. The van der Waals surface area contributed by atoms with Gasteiger partial charge in [-0.15, -0.1) is 0 Å². The topological polar surface area (TPSA) is 82.9 Å². The summed E-state index contributed by atoms with van der Waals surface area (Å²) in [6, 6.07) is 15.1. The highest BCUT2D eigenvalue weighted by Gasteiger charge is 2.03. The van der Waals surface area contributed by atoms with Gasteiger partial charge in [-0.25, -0.2) is 10.9 Å². The van der Waals surface area contributed by atoms with Crippen molar-refractivity contribution in [2.45, 2.75) is 25.7 Å². The molecule has 0 unspecified atom stereocenters. The molecule has 0 aromatic heterocycles. The molecule has 2 rings (SSSR count). The smallest absolute Gasteiger partial charge is 0.240 e. The maximum atomic E-state index is 11.7. The molecule has 146 valence electrons. The zero-order valence-corrected chi connectivity index (χ0v) is 18.2. The van der Waals surface area contributed by atoms with E-state index in [-0.39, 0.29) is 11.8 Å². The molecule has 0 aliphatic heterocycles. The molecule has 0 spiro atoms. The third-order valence-corrected chi connectivity index (χ3v) is 4.66. The van der Waals surface area contributed by atoms with Crippen LogP contribution in [0.25, 0.3) is 0 Å². The average Bonchev–Trinajstić information content (AvgIpc) is 2.68. The minimum atomic E-state index is -0.179. The standard InChI is InChI=1S/C20H20Br2N4O2/c21-17-9-5-15(6-10-17)13-23-25-19(27)3-1-2-4-20(28)26-24-14-16-7-11-18(22)12-8-16/h5-14H,1-4H2,(H,25,27)(H,26,28). The number of nitrogens with one attached hydrogen (secondary N) is 2. The van der Waals surface area contributed by atoms with Gasteiger partial charge in [-0.1, -0.05) is 56.1 Å². The first kappa shape index (κ1) is 22.0. The van der Waals surface area contributed by atoms with Crippen LogP contribution in [0.15, 0.2) is 67.7 Å². The molecule has 0 aliphatic rings. The molecule has 2 amide bonds. The predicted molar refractivity (Wildman–Crippen MR) is 118 cm³/mol. The van der Waals surface area contributed by atoms with Gasteiger partial charge < -0.3 is 0 Å². The predicted octanol–water partition coefficient (Wildman–Crippen LogP) is 4.37. The van der Waals surface area contributed by atoms with E-state index in [9.17, 15) is 9.59 Å². The highest BCUT2D eigenvalue weighted by Crippen LogP contribution is 2.09. The summed E-state index contributed by atoms with van der Waals surface area (Å²) >= 11 is 6.71. The van der Waals surface area contributed by atoms with Crippen molar-refractivity contribution in [2.24, 2.45) is 10.2 Å². The molecule has 0 atom stereocenters. The Morgan fingerprint density at radius 1 is 0.714 bits per heavy atom. The van der Waals surface area contributed by atoms with Crippen molar-refractivity contribution in [3.8, 4) is 0 Å². The number of nitrogens with zero attached hydrogens (tertiary/aromatic N) is 2. The number of carbonyl (C=O) groups excluding carboxylic acids is 2. The van der Waals surface area contributed by atoms with Crippen molar-refractivity contribution in [3.63, 3.8) is 0 Å². The SMILES string of the molecule is O=C(CCCCC(=O)NN=Cc1ccc(Br)cc1)NN=Cc1ccc(Br)cc1. The molecule has 0 aliphatic carbocycles. The quantitative estimate of drug-likeness (QED) is 0.300. The largest absolute Gasteiger partial charge is 0.273 e. The number of benzene rings is 2. The summed E-state index contributed by atoms with van der Waals surface area (Å²) in [6.45, 7) is 0. The first-order valence-corrected chi connectivity index (χ1v) is 10.3. The molecule has 2 aromatic carbocycles. The fourth-order valence-electron chi connectivity index (χ4n) is 2.14. The Morgan fingerprint density at radius 2 is 1.07 bits per heavy atom. The summed E-state index contributed by atoms with van der Waals surface area (Å²) in [4.78, 5) is 23.5. The molecule has 0 radical (unpaired) electrons. The normalized spacial score (nSPS) is 11.1. The monoisotopic (exact) mass is 506 g/mol. The van der Waals surface area contributed by atoms with E-state index in [1.807, 2.05) is 48.5 Å². The summed E-state index contributed by atoms with van der Waals surface area (Å²) in [6.07, 6.45) is 5.00. The van der Waals surface area contributed by atoms with Gasteiger partial charge in [0.25, 0.3) is 0 Å². The molecule has 0 fully saturated rings. The van der Waals surface area contributed by atoms with Crippen LogP contribution < -0.4 is 10.9 Å². The van der Waals surface area contributed by atoms with E-state index in [0.717, 1.165) is 20.1 Å². The maximum Gasteiger partial charge on any atom is 0.240 e. The van der Waals surface area contributed by atoms with Gasteiger partial charge in [-0.3, -0.25) is 9.59 Å². The number of unbranched alkanes of at least 4 members (excludes halogenated alkanes) is 1. The zero-order valence-electron chi connectivity index (χ0n) is 15.1. The highest BCUT2D eigenvalue weighted by molar-refractivity contribution is 9.10. The van der Waals surface area contributed by atoms with Crippen LogP contribution in [0.5, 0.6) is 0 Å². The van der Waals surface area contributed by atoms with Gasteiger partial charge >= 0.3 is 0 Å². The summed E-state index contributed by atoms with van der Waals surface area (Å²) in [5.74, 6) is -0.357. The van der Waals surface area contributed by atoms with Crippen molar-refractivity contribution in [1.82, 2.24) is 10.9 Å². The van der Waals surface area contributed by atoms with E-state index in [0.29, 0.717) is 25.7 Å². The maximum absolute atomic E-state index is 11.7. The molecule has 0 saturated heterocycles. The molecule has 2 aromatic rings. The highest BCUT2D eigenvalue weighted by atomic mass is 79.9. The van der Waals surface area contributed by atoms with Crippen LogP contribution in [-0.4, -0.2) is 24.2 Å². The summed E-state index contributed by atoms with van der Waals surface area (Å²) < 4.78 is 1.97. The third-order valence-electron chi connectivity index (χ3n) is 3.60. The molecule has 8 heteroatoms. The van der Waals surface area contributed by atoms with Gasteiger partial charge in [-0.2, -0.15) is 10.2 Å². The number of carbonyl (C=O) groups is 2. The van der Waals surface area contributed by atoms with Gasteiger partial charge in [0.2, 0.25) is 11.8 Å². The molecule has 28 heavy (non-hydrogen) atoms. The van der Waals surface area contributed by atoms with Crippen LogP contribution in [-0.2, 0) is 9.59 Å². The lowest BCUT2D eigenvalue weighted by molar-refractivity contribution is -0.123. The van der Waals surface area contributed by atoms with Crippen LogP contribution >= 0.6 is 31.9 Å². The van der Waals surface area contributed by atoms with Gasteiger partial charge in [-0.05, 0) is 48.2 Å². The van der Waals surface area contributed by atoms with E-state index in [4.69, 9.17) is 0 Å². The second-order valence-corrected chi connectivity index (χ2v) is 7.73. The number of hydrogen-bond donors (Lipinski definition) is 2. The van der Waals surface area contributed by atoms with Gasteiger partial charge in [0, 0.05) is 21.8 Å². The molecule has 0 heterocycles. The fraction of sp³-hybridized carbons (Fsp3) is 0.200. The molecular weight excluding hydrogens is 488 g/mol. The van der Waals surface area contributed by atoms with E-state index >= 15 is 0 Å². The van der Waals surface area contributed by atoms with E-state index in [1.54, 1.807) is 12.4 Å². The number of rotatable bonds is 9. The lowest BCUT2D eigenvalue weighted by atomic mass is 10.2. The van der Waals surface area contributed by atoms with Crippen LogP contribution in [0.4, 0.5) is 0 Å². The Kier molecular flexibility index (Phi) is 9.57. The third kappa shape index (κ3) is 9.05. The first-order valence-electron chi connectivity index (χ1n) is 8.68. The molecule has 2 N–H and O–H groups in total. The fourth-order valence-corrected chi connectivity index (χ4v) is 2.67. The minimum Gasteiger partial charge on any atom is -0.273 e. The second kappa shape index (κ2) is 12.2. The average molecular weight is 508 g/mol. The molecular formula is C20H20Br2N4O2. The molecule has 6 nitrogen and oxygen atoms in total. The Morgan fingerprint density at radius 3 is 1.43 bits per heavy atom. The van der Waals surface area contributed by atoms with Crippen LogP contribution in [0, 0.1) is 0 Å². The number of halogens is 2. The van der Waals surface area contributed by atoms with Crippen molar-refractivity contribution in [3.05, 3.63) is 68.6 Å². The minimum absolute atomic E-state index is 0.179. The summed E-state index contributed by atoms with van der Waals surface area (Å²) in [5.41, 5.74) is 6.75. The van der Waals surface area contributed by atoms with Crippen molar-refractivity contribution < 1.29 is 9.59 Å². The molecule has 0 saturated carbocycles. The van der Waals surface area contributed by atoms with Crippen LogP contribution in [0.2, 0.25) is 0 Å². The Balaban J connectivity index is 1.57. The Hall–Kier alpha value is -2.32. The number of hydrogen-bond acceptors (Lipinski definition) is 4. The Bertz CT molecular complexity index is 763. The van der Waals surface area contributed by atoms with Crippen molar-refractivity contribution in [1.29, 1.82) is 0 Å². The first-order chi connectivity index (χ1) is 13.5. The van der Waals surface area contributed by atoms with Crippen molar-refractivity contribution >= 4 is 56.1 Å². The zero-order chi connectivity index (χ0) is 20.2. The van der Waals surface area contributed by atoms with Gasteiger partial charge in [0.1, 0.15) is 0 Å².